The largest absolute Gasteiger partial charge is 0.508 e. The third-order valence-corrected chi connectivity index (χ3v) is 2.71. The van der Waals surface area contributed by atoms with Crippen LogP contribution in [0.25, 0.3) is 0 Å². The fourth-order valence-electron chi connectivity index (χ4n) is 1.20. The van der Waals surface area contributed by atoms with Crippen LogP contribution in [-0.4, -0.2) is 8.92 Å². The molecule has 0 amide bonds. The zero-order chi connectivity index (χ0) is 13.6. The van der Waals surface area contributed by atoms with Gasteiger partial charge in [-0.25, -0.2) is 0 Å². The van der Waals surface area contributed by atoms with Crippen molar-refractivity contribution in [2.75, 3.05) is 0 Å². The van der Waals surface area contributed by atoms with Crippen molar-refractivity contribution in [3.63, 3.8) is 0 Å². The van der Waals surface area contributed by atoms with Gasteiger partial charge in [-0.3, -0.25) is 0 Å². The van der Waals surface area contributed by atoms with E-state index in [-0.39, 0.29) is 30.2 Å². The van der Waals surface area contributed by atoms with E-state index in [1.165, 1.54) is 5.56 Å². The van der Waals surface area contributed by atoms with Crippen molar-refractivity contribution in [2.24, 2.45) is 0 Å². The van der Waals surface area contributed by atoms with E-state index in [0.29, 0.717) is 5.75 Å². The molecule has 19 heavy (non-hydrogen) atoms. The summed E-state index contributed by atoms with van der Waals surface area (Å²) < 4.78 is 12.2. The monoisotopic (exact) mass is 345 g/mol. The third-order valence-electron chi connectivity index (χ3n) is 2.12. The number of halogens is 3. The molecule has 5 heteroatoms. The molecule has 1 N–H and O–H groups in total. The fraction of sp³-hybridized carbons (Fsp3) is 0.500. The van der Waals surface area contributed by atoms with Crippen LogP contribution in [-0.2, 0) is 24.6 Å². The summed E-state index contributed by atoms with van der Waals surface area (Å²) in [6, 6.07) is 5.71. The standard InChI is InChI=1S/C11H16O.C3H6.2ClH.FH.Ti/c1-8-5-9(11(2,3)4)7-10(12)6-8;1-3-2;;;;/h5-7,12H,1-4H3;1-2H3;3*1H;/q;;;;;+1/p-1. The van der Waals surface area contributed by atoms with Crippen molar-refractivity contribution in [3.8, 4) is 5.75 Å². The van der Waals surface area contributed by atoms with Gasteiger partial charge in [0.2, 0.25) is 0 Å². The van der Waals surface area contributed by atoms with Gasteiger partial charge in [-0.1, -0.05) is 26.8 Å². The van der Waals surface area contributed by atoms with Crippen LogP contribution < -0.4 is 0 Å². The summed E-state index contributed by atoms with van der Waals surface area (Å²) >= 11 is -1.14. The minimum Gasteiger partial charge on any atom is -0.508 e. The molecule has 0 saturated heterocycles. The first-order chi connectivity index (χ1) is 7.66. The zero-order valence-corrected chi connectivity index (χ0v) is 15.6. The average molecular weight is 346 g/mol. The quantitative estimate of drug-likeness (QED) is 0.655. The number of phenolic OH excluding ortho intramolecular Hbond substituents is 1. The molecule has 0 bridgehead atoms. The summed E-state index contributed by atoms with van der Waals surface area (Å²) in [6.45, 7) is 12.1. The molecule has 0 atom stereocenters. The van der Waals surface area contributed by atoms with Gasteiger partial charge < -0.3 is 5.11 Å². The van der Waals surface area contributed by atoms with Crippen molar-refractivity contribution in [3.05, 3.63) is 29.3 Å². The Morgan fingerprint density at radius 1 is 1.11 bits per heavy atom. The van der Waals surface area contributed by atoms with Crippen LogP contribution in [0.1, 0.15) is 45.7 Å². The Hall–Kier alpha value is 0.114. The van der Waals surface area contributed by atoms with E-state index in [9.17, 15) is 8.20 Å². The molecule has 0 aliphatic rings. The maximum Gasteiger partial charge on any atom is 0.116 e. The summed E-state index contributed by atoms with van der Waals surface area (Å²) in [5.74, 6) is 0.361. The van der Waals surface area contributed by atoms with E-state index < -0.39 is 19.2 Å². The number of rotatable bonds is 0. The number of benzene rings is 1. The van der Waals surface area contributed by atoms with E-state index in [2.05, 4.69) is 26.8 Å². The molecule has 0 fully saturated rings. The van der Waals surface area contributed by atoms with Crippen LogP contribution in [0.4, 0.5) is 3.09 Å². The summed E-state index contributed by atoms with van der Waals surface area (Å²) in [7, 11) is 0. The van der Waals surface area contributed by atoms with Gasteiger partial charge in [-0.2, -0.15) is 0 Å². The van der Waals surface area contributed by atoms with Gasteiger partial charge in [-0.05, 0) is 35.6 Å². The Balaban J connectivity index is -0.000000320. The Morgan fingerprint density at radius 3 is 1.79 bits per heavy atom. The second kappa shape index (κ2) is 10.8. The van der Waals surface area contributed by atoms with Crippen LogP contribution in [0.15, 0.2) is 18.2 Å². The molecule has 1 aromatic rings. The van der Waals surface area contributed by atoms with Gasteiger partial charge in [0, 0.05) is 0 Å². The van der Waals surface area contributed by atoms with E-state index in [1.807, 2.05) is 26.8 Å². The van der Waals surface area contributed by atoms with Crippen LogP contribution in [0, 0.1) is 6.92 Å². The molecule has 0 aromatic heterocycles. The number of hydrogen-bond acceptors (Lipinski definition) is 1. The Kier molecular flexibility index (Phi) is 13.8. The first kappa shape index (κ1) is 24.2. The Labute approximate surface area is 137 Å². The van der Waals surface area contributed by atoms with Crippen LogP contribution in [0.5, 0.6) is 5.75 Å². The smallest absolute Gasteiger partial charge is 0.116 e. The number of phenols is 1. The van der Waals surface area contributed by atoms with E-state index in [0.717, 1.165) is 9.37 Å². The number of aryl methyl sites for hydroxylation is 1. The average Bonchev–Trinajstić information content (AvgIpc) is 2.15. The maximum atomic E-state index is 11.2. The molecule has 111 valence electrons. The summed E-state index contributed by atoms with van der Waals surface area (Å²) in [5.41, 5.74) is 2.41. The van der Waals surface area contributed by atoms with Gasteiger partial charge in [0.05, 0.1) is 0 Å². The van der Waals surface area contributed by atoms with Crippen molar-refractivity contribution in [1.82, 2.24) is 0 Å². The molecule has 1 nitrogen and oxygen atoms in total. The van der Waals surface area contributed by atoms with Crippen LogP contribution in [0.2, 0.25) is 0 Å². The van der Waals surface area contributed by atoms with E-state index >= 15 is 0 Å². The second-order valence-corrected chi connectivity index (χ2v) is 7.26. The predicted octanol–water partition coefficient (Wildman–Crippen LogP) is 5.01. The van der Waals surface area contributed by atoms with E-state index in [1.54, 1.807) is 6.07 Å². The minimum atomic E-state index is -1.14. The molecule has 0 heterocycles. The van der Waals surface area contributed by atoms with Gasteiger partial charge in [0.15, 0.2) is 0 Å². The fourth-order valence-corrected chi connectivity index (χ4v) is 1.20. The van der Waals surface area contributed by atoms with Crippen LogP contribution >= 0.6 is 24.8 Å². The zero-order valence-electron chi connectivity index (χ0n) is 12.4. The molecule has 0 radical (unpaired) electrons. The molecule has 0 spiro atoms. The Bertz CT molecular complexity index is 377. The predicted molar refractivity (Wildman–Crippen MR) is 83.5 cm³/mol. The normalized spacial score (nSPS) is 9.00. The molecule has 0 saturated carbocycles. The van der Waals surface area contributed by atoms with Crippen molar-refractivity contribution in [1.29, 1.82) is 0 Å². The molecule has 1 aromatic carbocycles. The maximum absolute atomic E-state index is 11.2. The first-order valence-corrected chi connectivity index (χ1v) is 7.02. The third kappa shape index (κ3) is 11.6. The van der Waals surface area contributed by atoms with Gasteiger partial charge in [-0.15, -0.1) is 24.8 Å². The van der Waals surface area contributed by atoms with Crippen LogP contribution in [0.3, 0.4) is 0 Å². The summed E-state index contributed by atoms with van der Waals surface area (Å²) in [4.78, 5) is 0. The molecular formula is C14H24Cl2FOTi. The molecular weight excluding hydrogens is 322 g/mol. The molecule has 0 aliphatic heterocycles. The van der Waals surface area contributed by atoms with E-state index in [4.69, 9.17) is 0 Å². The Morgan fingerprint density at radius 2 is 1.53 bits per heavy atom. The molecule has 0 unspecified atom stereocenters. The van der Waals surface area contributed by atoms with Crippen molar-refractivity contribution in [2.45, 2.75) is 47.0 Å². The van der Waals surface area contributed by atoms with Crippen molar-refractivity contribution < 1.29 is 27.4 Å². The molecule has 1 rings (SSSR count). The second-order valence-electron chi connectivity index (χ2n) is 5.40. The first-order valence-electron chi connectivity index (χ1n) is 5.64. The number of aromatic hydroxyl groups is 1. The SMILES string of the molecule is C[C](C)=[Ti][F].Cc1cc(O)cc(C(C)(C)C)c1.Cl.Cl. The van der Waals surface area contributed by atoms with Crippen molar-refractivity contribution >= 4 is 28.6 Å². The summed E-state index contributed by atoms with van der Waals surface area (Å²) in [6.07, 6.45) is 0. The topological polar surface area (TPSA) is 20.2 Å². The minimum absolute atomic E-state index is 0. The van der Waals surface area contributed by atoms with Gasteiger partial charge in [0.1, 0.15) is 5.75 Å². The summed E-state index contributed by atoms with van der Waals surface area (Å²) in [5, 5.41) is 9.36. The number of hydrogen-bond donors (Lipinski definition) is 1. The molecule has 0 aliphatic carbocycles. The van der Waals surface area contributed by atoms with Gasteiger partial charge >= 0.3 is 40.0 Å². The van der Waals surface area contributed by atoms with Gasteiger partial charge in [0.25, 0.3) is 0 Å².